The first-order valence-corrected chi connectivity index (χ1v) is 6.17. The number of aromatic nitrogens is 2. The minimum absolute atomic E-state index is 0.177. The maximum absolute atomic E-state index is 11.6. The van der Waals surface area contributed by atoms with Gasteiger partial charge in [-0.3, -0.25) is 4.79 Å². The molecule has 82 valence electrons. The predicted molar refractivity (Wildman–Crippen MR) is 66.0 cm³/mol. The van der Waals surface area contributed by atoms with Gasteiger partial charge in [-0.25, -0.2) is 4.98 Å². The summed E-state index contributed by atoms with van der Waals surface area (Å²) in [5, 5.41) is 3.92. The molecule has 0 spiro atoms. The fourth-order valence-electron chi connectivity index (χ4n) is 1.07. The van der Waals surface area contributed by atoms with Crippen LogP contribution in [0.5, 0.6) is 0 Å². The first kappa shape index (κ1) is 11.1. The molecule has 4 nitrogen and oxygen atoms in total. The number of anilines is 1. The number of aryl methyl sites for hydroxylation is 1. The summed E-state index contributed by atoms with van der Waals surface area (Å²) in [6, 6.07) is 9.29. The molecule has 0 bridgehead atoms. The monoisotopic (exact) mass is 251 g/mol. The van der Waals surface area contributed by atoms with Crippen molar-refractivity contribution in [2.45, 2.75) is 12.1 Å². The molecule has 2 rings (SSSR count). The average molecular weight is 251 g/mol. The van der Waals surface area contributed by atoms with Crippen LogP contribution in [0.25, 0.3) is 0 Å². The van der Waals surface area contributed by atoms with E-state index in [1.165, 1.54) is 11.5 Å². The number of nitrogens with one attached hydrogen (secondary N) is 1. The van der Waals surface area contributed by atoms with Gasteiger partial charge in [-0.1, -0.05) is 18.2 Å². The number of carbonyl (C=O) groups is 1. The second-order valence-corrected chi connectivity index (χ2v) is 4.87. The van der Waals surface area contributed by atoms with Gasteiger partial charge in [0.1, 0.15) is 5.01 Å². The lowest BCUT2D eigenvalue weighted by atomic mass is 10.3. The Bertz CT molecular complexity index is 484. The van der Waals surface area contributed by atoms with Gasteiger partial charge in [0.25, 0.3) is 5.24 Å². The number of benzene rings is 1. The first-order chi connectivity index (χ1) is 7.74. The smallest absolute Gasteiger partial charge is 0.291 e. The topological polar surface area (TPSA) is 54.9 Å². The fourth-order valence-corrected chi connectivity index (χ4v) is 2.28. The summed E-state index contributed by atoms with van der Waals surface area (Å²) < 4.78 is 4.03. The number of hydrogen-bond acceptors (Lipinski definition) is 5. The lowest BCUT2D eigenvalue weighted by Crippen LogP contribution is -2.04. The zero-order chi connectivity index (χ0) is 11.4. The van der Waals surface area contributed by atoms with Crippen LogP contribution in [-0.2, 0) is 0 Å². The van der Waals surface area contributed by atoms with Gasteiger partial charge in [-0.15, -0.1) is 0 Å². The van der Waals surface area contributed by atoms with Crippen LogP contribution in [0.2, 0.25) is 0 Å². The maximum atomic E-state index is 11.6. The van der Waals surface area contributed by atoms with Crippen LogP contribution in [0, 0.1) is 6.92 Å². The zero-order valence-electron chi connectivity index (χ0n) is 8.51. The molecule has 0 radical (unpaired) electrons. The fraction of sp³-hybridized carbons (Fsp3) is 0.100. The summed E-state index contributed by atoms with van der Waals surface area (Å²) >= 11 is 2.29. The molecule has 2 aromatic rings. The summed E-state index contributed by atoms with van der Waals surface area (Å²) in [6.07, 6.45) is 0. The second-order valence-electron chi connectivity index (χ2n) is 2.98. The largest absolute Gasteiger partial charge is 0.316 e. The third kappa shape index (κ3) is 3.04. The molecular formula is C10H9N3OS2. The van der Waals surface area contributed by atoms with E-state index in [2.05, 4.69) is 14.7 Å². The Labute approximate surface area is 101 Å². The lowest BCUT2D eigenvalue weighted by molar-refractivity contribution is 0.269. The quantitative estimate of drug-likeness (QED) is 0.833. The molecule has 6 heteroatoms. The van der Waals surface area contributed by atoms with Crippen molar-refractivity contribution in [1.82, 2.24) is 9.36 Å². The first-order valence-electron chi connectivity index (χ1n) is 4.58. The molecule has 1 aromatic heterocycles. The molecule has 0 aliphatic carbocycles. The number of amides is 1. The normalized spacial score (nSPS) is 10.1. The highest BCUT2D eigenvalue weighted by Gasteiger charge is 2.08. The molecule has 0 aliphatic rings. The van der Waals surface area contributed by atoms with E-state index in [0.29, 0.717) is 5.16 Å². The minimum atomic E-state index is -0.177. The number of hydrogen-bond donors (Lipinski definition) is 1. The van der Waals surface area contributed by atoms with E-state index in [1.807, 2.05) is 37.3 Å². The highest BCUT2D eigenvalue weighted by Crippen LogP contribution is 2.19. The van der Waals surface area contributed by atoms with Crippen molar-refractivity contribution >= 4 is 34.2 Å². The van der Waals surface area contributed by atoms with Gasteiger partial charge in [-0.2, -0.15) is 4.37 Å². The van der Waals surface area contributed by atoms with Gasteiger partial charge in [0.2, 0.25) is 5.16 Å². The SMILES string of the molecule is Cc1nc(SC(=O)Nc2ccccc2)ns1. The van der Waals surface area contributed by atoms with E-state index in [1.54, 1.807) is 0 Å². The van der Waals surface area contributed by atoms with Crippen LogP contribution in [0.15, 0.2) is 35.5 Å². The second kappa shape index (κ2) is 5.09. The summed E-state index contributed by atoms with van der Waals surface area (Å²) in [5.41, 5.74) is 0.770. The number of nitrogens with zero attached hydrogens (tertiary/aromatic N) is 2. The molecule has 1 amide bonds. The Morgan fingerprint density at radius 3 is 2.75 bits per heavy atom. The van der Waals surface area contributed by atoms with Crippen molar-refractivity contribution in [2.75, 3.05) is 5.32 Å². The average Bonchev–Trinajstić information content (AvgIpc) is 2.65. The highest BCUT2D eigenvalue weighted by atomic mass is 32.2. The Morgan fingerprint density at radius 2 is 2.12 bits per heavy atom. The van der Waals surface area contributed by atoms with Crippen molar-refractivity contribution in [3.8, 4) is 0 Å². The molecule has 1 aromatic carbocycles. The third-order valence-electron chi connectivity index (χ3n) is 1.71. The van der Waals surface area contributed by atoms with Gasteiger partial charge >= 0.3 is 0 Å². The number of para-hydroxylation sites is 1. The summed E-state index contributed by atoms with van der Waals surface area (Å²) in [5.74, 6) is 0. The van der Waals surface area contributed by atoms with E-state index >= 15 is 0 Å². The molecule has 1 heterocycles. The van der Waals surface area contributed by atoms with Crippen LogP contribution >= 0.6 is 23.3 Å². The molecule has 0 unspecified atom stereocenters. The Balaban J connectivity index is 1.95. The standard InChI is InChI=1S/C10H9N3OS2/c1-7-11-9(13-16-7)15-10(14)12-8-5-3-2-4-6-8/h2-6H,1H3,(H,12,14). The molecular weight excluding hydrogens is 242 g/mol. The van der Waals surface area contributed by atoms with Crippen molar-refractivity contribution in [2.24, 2.45) is 0 Å². The molecule has 0 saturated carbocycles. The number of carbonyl (C=O) groups excluding carboxylic acids is 1. The van der Waals surface area contributed by atoms with E-state index in [-0.39, 0.29) is 5.24 Å². The predicted octanol–water partition coefficient (Wildman–Crippen LogP) is 3.17. The van der Waals surface area contributed by atoms with Gasteiger partial charge in [0.05, 0.1) is 0 Å². The summed E-state index contributed by atoms with van der Waals surface area (Å²) in [7, 11) is 0. The van der Waals surface area contributed by atoms with Crippen LogP contribution in [0.3, 0.4) is 0 Å². The molecule has 0 fully saturated rings. The van der Waals surface area contributed by atoms with Crippen LogP contribution in [0.4, 0.5) is 10.5 Å². The highest BCUT2D eigenvalue weighted by molar-refractivity contribution is 8.13. The Kier molecular flexibility index (Phi) is 3.53. The molecule has 1 N–H and O–H groups in total. The van der Waals surface area contributed by atoms with Gasteiger partial charge < -0.3 is 5.32 Å². The Hall–Kier alpha value is -1.40. The number of thioether (sulfide) groups is 1. The van der Waals surface area contributed by atoms with E-state index in [9.17, 15) is 4.79 Å². The van der Waals surface area contributed by atoms with Crippen molar-refractivity contribution < 1.29 is 4.79 Å². The van der Waals surface area contributed by atoms with E-state index in [0.717, 1.165) is 22.5 Å². The van der Waals surface area contributed by atoms with Crippen molar-refractivity contribution in [3.05, 3.63) is 35.3 Å². The third-order valence-corrected chi connectivity index (χ3v) is 3.10. The van der Waals surface area contributed by atoms with Gasteiger partial charge in [-0.05, 0) is 30.6 Å². The van der Waals surface area contributed by atoms with Gasteiger partial charge in [0.15, 0.2) is 0 Å². The van der Waals surface area contributed by atoms with E-state index in [4.69, 9.17) is 0 Å². The lowest BCUT2D eigenvalue weighted by Gasteiger charge is -2.01. The molecule has 16 heavy (non-hydrogen) atoms. The van der Waals surface area contributed by atoms with Crippen molar-refractivity contribution in [1.29, 1.82) is 0 Å². The maximum Gasteiger partial charge on any atom is 0.291 e. The molecule has 0 aliphatic heterocycles. The molecule has 0 saturated heterocycles. The summed E-state index contributed by atoms with van der Waals surface area (Å²) in [6.45, 7) is 1.86. The molecule has 0 atom stereocenters. The van der Waals surface area contributed by atoms with Crippen LogP contribution < -0.4 is 5.32 Å². The van der Waals surface area contributed by atoms with Gasteiger partial charge in [0, 0.05) is 17.4 Å². The van der Waals surface area contributed by atoms with E-state index < -0.39 is 0 Å². The van der Waals surface area contributed by atoms with Crippen LogP contribution in [0.1, 0.15) is 5.01 Å². The number of rotatable bonds is 2. The Morgan fingerprint density at radius 1 is 1.38 bits per heavy atom. The zero-order valence-corrected chi connectivity index (χ0v) is 10.1. The minimum Gasteiger partial charge on any atom is -0.316 e. The summed E-state index contributed by atoms with van der Waals surface area (Å²) in [4.78, 5) is 15.7. The van der Waals surface area contributed by atoms with Crippen LogP contribution in [-0.4, -0.2) is 14.6 Å². The van der Waals surface area contributed by atoms with Crippen molar-refractivity contribution in [3.63, 3.8) is 0 Å².